The summed E-state index contributed by atoms with van der Waals surface area (Å²) in [6.45, 7) is 2.00. The summed E-state index contributed by atoms with van der Waals surface area (Å²) in [5.41, 5.74) is 0. The number of nitrogens with one attached hydrogen (secondary N) is 1. The minimum absolute atomic E-state index is 0.0553. The molecule has 3 rings (SSSR count). The predicted octanol–water partition coefficient (Wildman–Crippen LogP) is 3.25. The van der Waals surface area contributed by atoms with Crippen molar-refractivity contribution in [1.82, 2.24) is 5.32 Å². The molecule has 1 aliphatic carbocycles. The fraction of sp³-hybridized carbons (Fsp3) is 0.600. The molecule has 3 nitrogen and oxygen atoms in total. The maximum absolute atomic E-state index is 13.7. The quantitative estimate of drug-likeness (QED) is 0.905. The summed E-state index contributed by atoms with van der Waals surface area (Å²) in [7, 11) is 1.54. The second-order valence-corrected chi connectivity index (χ2v) is 6.00. The normalized spacial score (nSPS) is 23.6. The van der Waals surface area contributed by atoms with Gasteiger partial charge in [-0.1, -0.05) is 11.6 Å². The zero-order chi connectivity index (χ0) is 14.1. The van der Waals surface area contributed by atoms with Crippen molar-refractivity contribution in [2.45, 2.75) is 25.4 Å². The summed E-state index contributed by atoms with van der Waals surface area (Å²) in [6, 6.07) is 2.81. The predicted molar refractivity (Wildman–Crippen MR) is 76.1 cm³/mol. The van der Waals surface area contributed by atoms with Crippen LogP contribution in [0.5, 0.6) is 11.5 Å². The van der Waals surface area contributed by atoms with Gasteiger partial charge in [0.05, 0.1) is 12.1 Å². The Morgan fingerprint density at radius 3 is 2.65 bits per heavy atom. The number of halogens is 2. The van der Waals surface area contributed by atoms with Crippen LogP contribution >= 0.6 is 11.6 Å². The summed E-state index contributed by atoms with van der Waals surface area (Å²) < 4.78 is 25.0. The SMILES string of the molecule is COc1cc(Cl)c(F)cc1OC(C1CC1)[C@H]1CCNC1. The summed E-state index contributed by atoms with van der Waals surface area (Å²) in [6.07, 6.45) is 3.64. The molecule has 5 heteroatoms. The molecule has 0 radical (unpaired) electrons. The lowest BCUT2D eigenvalue weighted by atomic mass is 9.97. The van der Waals surface area contributed by atoms with Gasteiger partial charge in [-0.2, -0.15) is 0 Å². The van der Waals surface area contributed by atoms with E-state index in [2.05, 4.69) is 5.32 Å². The van der Waals surface area contributed by atoms with Gasteiger partial charge in [0.1, 0.15) is 11.9 Å². The lowest BCUT2D eigenvalue weighted by Crippen LogP contribution is -2.31. The zero-order valence-electron chi connectivity index (χ0n) is 11.5. The van der Waals surface area contributed by atoms with E-state index in [0.29, 0.717) is 23.3 Å². The van der Waals surface area contributed by atoms with Crippen LogP contribution in [0.1, 0.15) is 19.3 Å². The number of ether oxygens (including phenoxy) is 2. The van der Waals surface area contributed by atoms with E-state index in [4.69, 9.17) is 21.1 Å². The molecule has 0 amide bonds. The van der Waals surface area contributed by atoms with Crippen LogP contribution in [0.2, 0.25) is 5.02 Å². The van der Waals surface area contributed by atoms with E-state index in [1.165, 1.54) is 25.0 Å². The summed E-state index contributed by atoms with van der Waals surface area (Å²) in [4.78, 5) is 0. The average Bonchev–Trinajstić information content (AvgIpc) is 3.14. The van der Waals surface area contributed by atoms with Crippen LogP contribution in [0.4, 0.5) is 4.39 Å². The first-order valence-electron chi connectivity index (χ1n) is 7.09. The van der Waals surface area contributed by atoms with E-state index in [0.717, 1.165) is 19.5 Å². The zero-order valence-corrected chi connectivity index (χ0v) is 12.3. The van der Waals surface area contributed by atoms with Crippen molar-refractivity contribution in [1.29, 1.82) is 0 Å². The van der Waals surface area contributed by atoms with E-state index in [1.54, 1.807) is 7.11 Å². The van der Waals surface area contributed by atoms with Crippen LogP contribution in [-0.4, -0.2) is 26.3 Å². The Morgan fingerprint density at radius 1 is 1.25 bits per heavy atom. The van der Waals surface area contributed by atoms with Gasteiger partial charge in [0.15, 0.2) is 11.5 Å². The molecule has 1 N–H and O–H groups in total. The number of methoxy groups -OCH3 is 1. The highest BCUT2D eigenvalue weighted by Crippen LogP contribution is 2.42. The first-order chi connectivity index (χ1) is 9.69. The molecule has 2 fully saturated rings. The standard InChI is InChI=1S/C15H19ClFNO2/c1-19-13-6-11(16)12(17)7-14(13)20-15(9-2-3-9)10-4-5-18-8-10/h6-7,9-10,15,18H,2-5,8H2,1H3/t10-,15?/m0/s1. The highest BCUT2D eigenvalue weighted by atomic mass is 35.5. The minimum Gasteiger partial charge on any atom is -0.493 e. The molecule has 2 atom stereocenters. The first kappa shape index (κ1) is 14.0. The van der Waals surface area contributed by atoms with Crippen LogP contribution in [0.3, 0.4) is 0 Å². The van der Waals surface area contributed by atoms with Gasteiger partial charge in [0.2, 0.25) is 0 Å². The van der Waals surface area contributed by atoms with Crippen molar-refractivity contribution in [3.05, 3.63) is 23.0 Å². The Morgan fingerprint density at radius 2 is 2.05 bits per heavy atom. The molecule has 1 aromatic rings. The third-order valence-corrected chi connectivity index (χ3v) is 4.41. The van der Waals surface area contributed by atoms with Crippen LogP contribution in [-0.2, 0) is 0 Å². The molecule has 1 aliphatic heterocycles. The third-order valence-electron chi connectivity index (χ3n) is 4.12. The molecule has 0 aromatic heterocycles. The minimum atomic E-state index is -0.471. The van der Waals surface area contributed by atoms with Gasteiger partial charge in [-0.05, 0) is 31.7 Å². The highest BCUT2D eigenvalue weighted by Gasteiger charge is 2.39. The van der Waals surface area contributed by atoms with Crippen LogP contribution in [0.15, 0.2) is 12.1 Å². The van der Waals surface area contributed by atoms with Crippen LogP contribution < -0.4 is 14.8 Å². The van der Waals surface area contributed by atoms with Crippen molar-refractivity contribution in [3.63, 3.8) is 0 Å². The molecule has 0 bridgehead atoms. The van der Waals surface area contributed by atoms with E-state index >= 15 is 0 Å². The van der Waals surface area contributed by atoms with E-state index in [9.17, 15) is 4.39 Å². The molecule has 1 heterocycles. The van der Waals surface area contributed by atoms with E-state index in [-0.39, 0.29) is 11.1 Å². The largest absolute Gasteiger partial charge is 0.493 e. The molecule has 1 saturated carbocycles. The van der Waals surface area contributed by atoms with Crippen LogP contribution in [0.25, 0.3) is 0 Å². The maximum atomic E-state index is 13.7. The van der Waals surface area contributed by atoms with Crippen molar-refractivity contribution < 1.29 is 13.9 Å². The van der Waals surface area contributed by atoms with Crippen molar-refractivity contribution in [3.8, 4) is 11.5 Å². The molecule has 1 unspecified atom stereocenters. The molecule has 0 spiro atoms. The lowest BCUT2D eigenvalue weighted by molar-refractivity contribution is 0.116. The van der Waals surface area contributed by atoms with Gasteiger partial charge in [-0.3, -0.25) is 0 Å². The molecule has 1 aromatic carbocycles. The molecule has 110 valence electrons. The number of hydrogen-bond donors (Lipinski definition) is 1. The smallest absolute Gasteiger partial charge is 0.164 e. The first-order valence-corrected chi connectivity index (χ1v) is 7.47. The second kappa shape index (κ2) is 5.78. The van der Waals surface area contributed by atoms with Crippen molar-refractivity contribution >= 4 is 11.6 Å². The Hall–Kier alpha value is -1.00. The number of hydrogen-bond acceptors (Lipinski definition) is 3. The van der Waals surface area contributed by atoms with E-state index < -0.39 is 5.82 Å². The van der Waals surface area contributed by atoms with Gasteiger partial charge in [0, 0.05) is 24.6 Å². The van der Waals surface area contributed by atoms with Gasteiger partial charge in [-0.25, -0.2) is 4.39 Å². The fourth-order valence-corrected chi connectivity index (χ4v) is 3.02. The fourth-order valence-electron chi connectivity index (χ4n) is 2.87. The third kappa shape index (κ3) is 2.86. The van der Waals surface area contributed by atoms with Crippen molar-refractivity contribution in [2.75, 3.05) is 20.2 Å². The Bertz CT molecular complexity index is 487. The molecule has 20 heavy (non-hydrogen) atoms. The Balaban J connectivity index is 1.82. The van der Waals surface area contributed by atoms with Gasteiger partial charge >= 0.3 is 0 Å². The average molecular weight is 300 g/mol. The van der Waals surface area contributed by atoms with Crippen molar-refractivity contribution in [2.24, 2.45) is 11.8 Å². The molecule has 1 saturated heterocycles. The molecule has 2 aliphatic rings. The Labute approximate surface area is 123 Å². The number of benzene rings is 1. The number of rotatable bonds is 5. The highest BCUT2D eigenvalue weighted by molar-refractivity contribution is 6.30. The van der Waals surface area contributed by atoms with Crippen LogP contribution in [0, 0.1) is 17.7 Å². The molecular weight excluding hydrogens is 281 g/mol. The van der Waals surface area contributed by atoms with Gasteiger partial charge in [-0.15, -0.1) is 0 Å². The lowest BCUT2D eigenvalue weighted by Gasteiger charge is -2.25. The summed E-state index contributed by atoms with van der Waals surface area (Å²) >= 11 is 5.78. The second-order valence-electron chi connectivity index (χ2n) is 5.59. The van der Waals surface area contributed by atoms with Gasteiger partial charge in [0.25, 0.3) is 0 Å². The Kier molecular flexibility index (Phi) is 4.03. The monoisotopic (exact) mass is 299 g/mol. The molecular formula is C15H19ClFNO2. The van der Waals surface area contributed by atoms with E-state index in [1.807, 2.05) is 0 Å². The maximum Gasteiger partial charge on any atom is 0.164 e. The summed E-state index contributed by atoms with van der Waals surface area (Å²) in [5, 5.41) is 3.42. The topological polar surface area (TPSA) is 30.5 Å². The van der Waals surface area contributed by atoms with Gasteiger partial charge < -0.3 is 14.8 Å². The summed E-state index contributed by atoms with van der Waals surface area (Å²) in [5.74, 6) is 1.56.